The normalized spacial score (nSPS) is 21.8. The lowest BCUT2D eigenvalue weighted by Crippen LogP contribution is -2.41. The zero-order valence-corrected chi connectivity index (χ0v) is 12.4. The highest BCUT2D eigenvalue weighted by Crippen LogP contribution is 2.20. The number of ether oxygens (including phenoxy) is 1. The van der Waals surface area contributed by atoms with Crippen LogP contribution in [-0.2, 0) is 11.2 Å². The number of likely N-dealkylation sites (N-methyl/N-ethyl adjacent to an activating group) is 1. The van der Waals surface area contributed by atoms with Gasteiger partial charge in [0, 0.05) is 31.3 Å². The van der Waals surface area contributed by atoms with Crippen LogP contribution in [0.25, 0.3) is 0 Å². The van der Waals surface area contributed by atoms with Gasteiger partial charge in [-0.15, -0.1) is 0 Å². The molecule has 0 radical (unpaired) electrons. The van der Waals surface area contributed by atoms with Gasteiger partial charge in [-0.3, -0.25) is 4.68 Å². The second-order valence-corrected chi connectivity index (χ2v) is 5.73. The van der Waals surface area contributed by atoms with Gasteiger partial charge in [0.15, 0.2) is 0 Å². The van der Waals surface area contributed by atoms with Crippen LogP contribution in [0.1, 0.15) is 45.3 Å². The number of hydrogen-bond acceptors (Lipinski definition) is 3. The lowest BCUT2D eigenvalue weighted by Gasteiger charge is -2.30. The fraction of sp³-hybridized carbons (Fsp3) is 0.800. The maximum Gasteiger partial charge on any atom is 0.0640 e. The van der Waals surface area contributed by atoms with Crippen LogP contribution in [0.2, 0.25) is 0 Å². The molecule has 2 rings (SSSR count). The first kappa shape index (κ1) is 14.5. The summed E-state index contributed by atoms with van der Waals surface area (Å²) >= 11 is 0. The summed E-state index contributed by atoms with van der Waals surface area (Å²) < 4.78 is 7.66. The Labute approximate surface area is 116 Å². The minimum Gasteiger partial charge on any atom is -0.381 e. The Morgan fingerprint density at radius 1 is 1.53 bits per heavy atom. The van der Waals surface area contributed by atoms with Gasteiger partial charge >= 0.3 is 0 Å². The largest absolute Gasteiger partial charge is 0.381 e. The average Bonchev–Trinajstić information content (AvgIpc) is 2.88. The molecule has 4 nitrogen and oxygen atoms in total. The Kier molecular flexibility index (Phi) is 5.40. The summed E-state index contributed by atoms with van der Waals surface area (Å²) in [5.74, 6) is 0.623. The zero-order valence-electron chi connectivity index (χ0n) is 12.4. The molecule has 1 fully saturated rings. The van der Waals surface area contributed by atoms with Gasteiger partial charge < -0.3 is 10.1 Å². The molecule has 0 spiro atoms. The monoisotopic (exact) mass is 265 g/mol. The number of hydrogen-bond donors (Lipinski definition) is 1. The molecular weight excluding hydrogens is 238 g/mol. The molecular formula is C15H27N3O. The van der Waals surface area contributed by atoms with E-state index in [1.54, 1.807) is 0 Å². The van der Waals surface area contributed by atoms with Crippen molar-refractivity contribution < 1.29 is 4.74 Å². The molecule has 1 N–H and O–H groups in total. The highest BCUT2D eigenvalue weighted by atomic mass is 16.5. The van der Waals surface area contributed by atoms with E-state index in [0.717, 1.165) is 26.2 Å². The molecule has 1 aromatic rings. The lowest BCUT2D eigenvalue weighted by molar-refractivity contribution is 0.0394. The Morgan fingerprint density at radius 2 is 2.37 bits per heavy atom. The minimum absolute atomic E-state index is 0.435. The standard InChI is InChI=1S/C15H27N3O/c1-4-16-15(13-6-5-9-19-11-13)10-14-7-8-18(17-14)12(2)3/h7-8,12-13,15-16H,4-6,9-11H2,1-3H3. The van der Waals surface area contributed by atoms with Crippen molar-refractivity contribution in [1.29, 1.82) is 0 Å². The van der Waals surface area contributed by atoms with Gasteiger partial charge in [0.2, 0.25) is 0 Å². The second kappa shape index (κ2) is 7.06. The van der Waals surface area contributed by atoms with E-state index in [4.69, 9.17) is 4.74 Å². The van der Waals surface area contributed by atoms with Crippen molar-refractivity contribution in [1.82, 2.24) is 15.1 Å². The molecule has 0 saturated carbocycles. The molecule has 4 heteroatoms. The van der Waals surface area contributed by atoms with Gasteiger partial charge in [-0.05, 0) is 45.2 Å². The van der Waals surface area contributed by atoms with E-state index in [2.05, 4.69) is 43.4 Å². The molecule has 108 valence electrons. The summed E-state index contributed by atoms with van der Waals surface area (Å²) in [6, 6.07) is 3.07. The van der Waals surface area contributed by atoms with Crippen LogP contribution in [-0.4, -0.2) is 35.6 Å². The van der Waals surface area contributed by atoms with Crippen molar-refractivity contribution >= 4 is 0 Å². The van der Waals surface area contributed by atoms with Gasteiger partial charge in [0.05, 0.1) is 12.3 Å². The molecule has 0 aliphatic carbocycles. The van der Waals surface area contributed by atoms with Crippen molar-refractivity contribution in [3.05, 3.63) is 18.0 Å². The van der Waals surface area contributed by atoms with Gasteiger partial charge in [-0.25, -0.2) is 0 Å². The fourth-order valence-electron chi connectivity index (χ4n) is 2.75. The molecule has 0 aromatic carbocycles. The number of aromatic nitrogens is 2. The van der Waals surface area contributed by atoms with E-state index in [-0.39, 0.29) is 0 Å². The Bertz CT molecular complexity index is 369. The second-order valence-electron chi connectivity index (χ2n) is 5.73. The van der Waals surface area contributed by atoms with Gasteiger partial charge in [0.25, 0.3) is 0 Å². The van der Waals surface area contributed by atoms with E-state index in [1.165, 1.54) is 18.5 Å². The van der Waals surface area contributed by atoms with Gasteiger partial charge in [-0.1, -0.05) is 6.92 Å². The molecule has 1 aliphatic heterocycles. The summed E-state index contributed by atoms with van der Waals surface area (Å²) in [5.41, 5.74) is 1.19. The van der Waals surface area contributed by atoms with Crippen LogP contribution in [0.15, 0.2) is 12.3 Å². The van der Waals surface area contributed by atoms with Crippen molar-refractivity contribution in [2.45, 2.75) is 52.1 Å². The highest BCUT2D eigenvalue weighted by molar-refractivity contribution is 5.03. The molecule has 2 unspecified atom stereocenters. The quantitative estimate of drug-likeness (QED) is 0.858. The first-order valence-corrected chi connectivity index (χ1v) is 7.56. The average molecular weight is 265 g/mol. The molecule has 0 amide bonds. The first-order chi connectivity index (χ1) is 9.20. The van der Waals surface area contributed by atoms with Crippen molar-refractivity contribution in [2.75, 3.05) is 19.8 Å². The van der Waals surface area contributed by atoms with Crippen LogP contribution < -0.4 is 5.32 Å². The maximum absolute atomic E-state index is 5.62. The topological polar surface area (TPSA) is 39.1 Å². The summed E-state index contributed by atoms with van der Waals surface area (Å²) in [5, 5.41) is 8.27. The van der Waals surface area contributed by atoms with Gasteiger partial charge in [-0.2, -0.15) is 5.10 Å². The molecule has 2 heterocycles. The van der Waals surface area contributed by atoms with Crippen LogP contribution in [0.3, 0.4) is 0 Å². The summed E-state index contributed by atoms with van der Waals surface area (Å²) in [6.07, 6.45) is 5.54. The molecule has 19 heavy (non-hydrogen) atoms. The molecule has 0 bridgehead atoms. The summed E-state index contributed by atoms with van der Waals surface area (Å²) in [7, 11) is 0. The van der Waals surface area contributed by atoms with E-state index in [9.17, 15) is 0 Å². The summed E-state index contributed by atoms with van der Waals surface area (Å²) in [4.78, 5) is 0. The zero-order chi connectivity index (χ0) is 13.7. The van der Waals surface area contributed by atoms with Crippen molar-refractivity contribution in [2.24, 2.45) is 5.92 Å². The van der Waals surface area contributed by atoms with E-state index < -0.39 is 0 Å². The number of nitrogens with one attached hydrogen (secondary N) is 1. The Morgan fingerprint density at radius 3 is 2.95 bits per heavy atom. The molecule has 1 aliphatic rings. The predicted molar refractivity (Wildman–Crippen MR) is 77.3 cm³/mol. The Hall–Kier alpha value is -0.870. The third kappa shape index (κ3) is 4.05. The molecule has 1 aromatic heterocycles. The van der Waals surface area contributed by atoms with E-state index in [1.807, 2.05) is 4.68 Å². The van der Waals surface area contributed by atoms with E-state index >= 15 is 0 Å². The predicted octanol–water partition coefficient (Wildman–Crippen LogP) is 2.41. The van der Waals surface area contributed by atoms with Crippen molar-refractivity contribution in [3.8, 4) is 0 Å². The smallest absolute Gasteiger partial charge is 0.0640 e. The summed E-state index contributed by atoms with van der Waals surface area (Å²) in [6.45, 7) is 9.32. The molecule has 1 saturated heterocycles. The lowest BCUT2D eigenvalue weighted by atomic mass is 9.90. The fourth-order valence-corrected chi connectivity index (χ4v) is 2.75. The number of rotatable bonds is 6. The third-order valence-electron chi connectivity index (χ3n) is 3.85. The van der Waals surface area contributed by atoms with Crippen LogP contribution in [0, 0.1) is 5.92 Å². The maximum atomic E-state index is 5.62. The Balaban J connectivity index is 1.98. The third-order valence-corrected chi connectivity index (χ3v) is 3.85. The van der Waals surface area contributed by atoms with E-state index in [0.29, 0.717) is 18.0 Å². The molecule has 2 atom stereocenters. The van der Waals surface area contributed by atoms with Crippen LogP contribution in [0.5, 0.6) is 0 Å². The van der Waals surface area contributed by atoms with Crippen LogP contribution >= 0.6 is 0 Å². The minimum atomic E-state index is 0.435. The SMILES string of the molecule is CCNC(Cc1ccn(C(C)C)n1)C1CCCOC1. The highest BCUT2D eigenvalue weighted by Gasteiger charge is 2.24. The van der Waals surface area contributed by atoms with Crippen LogP contribution in [0.4, 0.5) is 0 Å². The van der Waals surface area contributed by atoms with Gasteiger partial charge in [0.1, 0.15) is 0 Å². The number of nitrogens with zero attached hydrogens (tertiary/aromatic N) is 2. The van der Waals surface area contributed by atoms with Crippen molar-refractivity contribution in [3.63, 3.8) is 0 Å². The first-order valence-electron chi connectivity index (χ1n) is 7.56.